The molecule has 3 atom stereocenters. The van der Waals surface area contributed by atoms with Crippen LogP contribution in [-0.2, 0) is 44.1 Å². The summed E-state index contributed by atoms with van der Waals surface area (Å²) >= 11 is 0. The second-order valence-electron chi connectivity index (χ2n) is 8.03. The molecule has 0 spiro atoms. The highest BCUT2D eigenvalue weighted by molar-refractivity contribution is 7.54. The normalized spacial score (nSPS) is 23.4. The molecule has 11 heteroatoms. The molecule has 0 aromatic carbocycles. The monoisotopic (exact) mass is 456 g/mol. The molecule has 1 aliphatic rings. The standard InChI is InChI=1S/C20H29N2O8P/c1-14(19(25)28-11-15-6-5-8-21-10-15)12-31(26)29-13-20(2,3)17(30-31)18(24)22-9-7-16(23)27-4/h5-6,8,10,14,17H,7,9,11-13H2,1-4H3,(H,22,24)/t14-,17-,31?/m0/s1. The minimum atomic E-state index is -3.73. The predicted octanol–water partition coefficient (Wildman–Crippen LogP) is 2.07. The number of hydrogen-bond donors (Lipinski definition) is 1. The molecule has 1 fully saturated rings. The van der Waals surface area contributed by atoms with E-state index in [0.29, 0.717) is 0 Å². The number of hydrogen-bond acceptors (Lipinski definition) is 9. The number of rotatable bonds is 9. The zero-order valence-electron chi connectivity index (χ0n) is 18.2. The predicted molar refractivity (Wildman–Crippen MR) is 110 cm³/mol. The van der Waals surface area contributed by atoms with Gasteiger partial charge in [-0.25, -0.2) is 0 Å². The average Bonchev–Trinajstić information content (AvgIpc) is 2.74. The topological polar surface area (TPSA) is 130 Å². The number of pyridine rings is 1. The highest BCUT2D eigenvalue weighted by Gasteiger charge is 2.48. The molecule has 0 saturated carbocycles. The Kier molecular flexibility index (Phi) is 8.73. The van der Waals surface area contributed by atoms with E-state index in [-0.39, 0.29) is 32.3 Å². The van der Waals surface area contributed by atoms with Gasteiger partial charge < -0.3 is 19.3 Å². The Labute approximate surface area is 181 Å². The Morgan fingerprint density at radius 2 is 2.13 bits per heavy atom. The number of ether oxygens (including phenoxy) is 2. The third-order valence-electron chi connectivity index (χ3n) is 4.71. The van der Waals surface area contributed by atoms with Gasteiger partial charge in [0.1, 0.15) is 6.61 Å². The number of nitrogens with one attached hydrogen (secondary N) is 1. The number of amides is 1. The van der Waals surface area contributed by atoms with Crippen LogP contribution in [0.1, 0.15) is 32.8 Å². The Morgan fingerprint density at radius 1 is 1.39 bits per heavy atom. The lowest BCUT2D eigenvalue weighted by molar-refractivity contribution is -0.148. The maximum atomic E-state index is 13.1. The SMILES string of the molecule is COC(=O)CCNC(=O)[C@@H]1OP(=O)(C[C@H](C)C(=O)OCc2cccnc2)OCC1(C)C. The molecule has 0 radical (unpaired) electrons. The fraction of sp³-hybridized carbons (Fsp3) is 0.600. The minimum absolute atomic E-state index is 0.00333. The van der Waals surface area contributed by atoms with Crippen LogP contribution in [0, 0.1) is 11.3 Å². The summed E-state index contributed by atoms with van der Waals surface area (Å²) in [6.07, 6.45) is 1.91. The molecule has 1 N–H and O–H groups in total. The maximum Gasteiger partial charge on any atom is 0.332 e. The molecular weight excluding hydrogens is 427 g/mol. The van der Waals surface area contributed by atoms with Crippen LogP contribution in [0.4, 0.5) is 0 Å². The summed E-state index contributed by atoms with van der Waals surface area (Å²) < 4.78 is 34.0. The fourth-order valence-corrected chi connectivity index (χ4v) is 5.15. The summed E-state index contributed by atoms with van der Waals surface area (Å²) in [5.74, 6) is -2.30. The Bertz CT molecular complexity index is 830. The highest BCUT2D eigenvalue weighted by atomic mass is 31.2. The molecule has 1 aliphatic heterocycles. The molecule has 1 unspecified atom stereocenters. The summed E-state index contributed by atoms with van der Waals surface area (Å²) in [6.45, 7) is 5.16. The van der Waals surface area contributed by atoms with Gasteiger partial charge in [0.05, 0.1) is 32.2 Å². The van der Waals surface area contributed by atoms with Gasteiger partial charge in [-0.1, -0.05) is 26.8 Å². The highest BCUT2D eigenvalue weighted by Crippen LogP contribution is 2.57. The summed E-state index contributed by atoms with van der Waals surface area (Å²) in [7, 11) is -2.47. The molecule has 1 amide bonds. The van der Waals surface area contributed by atoms with Crippen molar-refractivity contribution in [2.75, 3.05) is 26.4 Å². The van der Waals surface area contributed by atoms with E-state index < -0.39 is 42.9 Å². The van der Waals surface area contributed by atoms with Gasteiger partial charge >= 0.3 is 19.5 Å². The number of carbonyl (C=O) groups excluding carboxylic acids is 3. The van der Waals surface area contributed by atoms with Crippen molar-refractivity contribution in [3.05, 3.63) is 30.1 Å². The van der Waals surface area contributed by atoms with E-state index in [1.165, 1.54) is 7.11 Å². The van der Waals surface area contributed by atoms with Crippen molar-refractivity contribution < 1.29 is 37.5 Å². The van der Waals surface area contributed by atoms with E-state index in [1.807, 2.05) is 0 Å². The van der Waals surface area contributed by atoms with E-state index in [2.05, 4.69) is 15.0 Å². The molecule has 31 heavy (non-hydrogen) atoms. The molecule has 10 nitrogen and oxygen atoms in total. The van der Waals surface area contributed by atoms with Crippen molar-refractivity contribution in [2.24, 2.45) is 11.3 Å². The Morgan fingerprint density at radius 3 is 2.77 bits per heavy atom. The molecule has 2 rings (SSSR count). The van der Waals surface area contributed by atoms with Crippen molar-refractivity contribution in [2.45, 2.75) is 39.9 Å². The van der Waals surface area contributed by atoms with Crippen LogP contribution >= 0.6 is 7.60 Å². The first-order valence-corrected chi connectivity index (χ1v) is 11.6. The summed E-state index contributed by atoms with van der Waals surface area (Å²) in [4.78, 5) is 40.1. The van der Waals surface area contributed by atoms with Gasteiger partial charge in [0, 0.05) is 29.9 Å². The minimum Gasteiger partial charge on any atom is -0.469 e. The quantitative estimate of drug-likeness (QED) is 0.438. The molecular formula is C20H29N2O8P. The summed E-state index contributed by atoms with van der Waals surface area (Å²) in [6, 6.07) is 3.50. The molecule has 1 aromatic rings. The van der Waals surface area contributed by atoms with Crippen molar-refractivity contribution >= 4 is 25.4 Å². The number of nitrogens with zero attached hydrogens (tertiary/aromatic N) is 1. The van der Waals surface area contributed by atoms with Crippen molar-refractivity contribution in [1.82, 2.24) is 10.3 Å². The van der Waals surface area contributed by atoms with Gasteiger partial charge in [0.25, 0.3) is 0 Å². The van der Waals surface area contributed by atoms with Crippen LogP contribution in [0.25, 0.3) is 0 Å². The Balaban J connectivity index is 1.94. The van der Waals surface area contributed by atoms with Crippen molar-refractivity contribution in [3.8, 4) is 0 Å². The van der Waals surface area contributed by atoms with Crippen LogP contribution in [-0.4, -0.2) is 55.4 Å². The van der Waals surface area contributed by atoms with E-state index >= 15 is 0 Å². The van der Waals surface area contributed by atoms with Gasteiger partial charge in [-0.05, 0) is 6.07 Å². The lowest BCUT2D eigenvalue weighted by atomic mass is 9.87. The van der Waals surface area contributed by atoms with Gasteiger partial charge in [-0.2, -0.15) is 0 Å². The van der Waals surface area contributed by atoms with Gasteiger partial charge in [-0.15, -0.1) is 0 Å². The van der Waals surface area contributed by atoms with Crippen molar-refractivity contribution in [1.29, 1.82) is 0 Å². The largest absolute Gasteiger partial charge is 0.469 e. The molecule has 1 saturated heterocycles. The lowest BCUT2D eigenvalue weighted by Crippen LogP contribution is -2.50. The van der Waals surface area contributed by atoms with E-state index in [9.17, 15) is 18.9 Å². The molecule has 172 valence electrons. The van der Waals surface area contributed by atoms with Crippen molar-refractivity contribution in [3.63, 3.8) is 0 Å². The summed E-state index contributed by atoms with van der Waals surface area (Å²) in [5.41, 5.74) is -0.0295. The third kappa shape index (κ3) is 7.41. The van der Waals surface area contributed by atoms with Crippen LogP contribution in [0.15, 0.2) is 24.5 Å². The van der Waals surface area contributed by atoms with E-state index in [4.69, 9.17) is 13.8 Å². The van der Waals surface area contributed by atoms with Crippen LogP contribution in [0.5, 0.6) is 0 Å². The smallest absolute Gasteiger partial charge is 0.332 e. The third-order valence-corrected chi connectivity index (χ3v) is 6.76. The van der Waals surface area contributed by atoms with Crippen LogP contribution in [0.2, 0.25) is 0 Å². The van der Waals surface area contributed by atoms with Gasteiger partial charge in [-0.3, -0.25) is 28.5 Å². The van der Waals surface area contributed by atoms with Gasteiger partial charge in [0.2, 0.25) is 5.91 Å². The van der Waals surface area contributed by atoms with Crippen LogP contribution in [0.3, 0.4) is 0 Å². The maximum absolute atomic E-state index is 13.1. The average molecular weight is 456 g/mol. The fourth-order valence-electron chi connectivity index (χ4n) is 2.85. The zero-order chi connectivity index (χ0) is 23.1. The molecule has 0 bridgehead atoms. The second-order valence-corrected chi connectivity index (χ2v) is 10.1. The first-order valence-electron chi connectivity index (χ1n) is 9.88. The first-order chi connectivity index (χ1) is 14.6. The first kappa shape index (κ1) is 25.0. The van der Waals surface area contributed by atoms with Gasteiger partial charge in [0.15, 0.2) is 6.10 Å². The molecule has 0 aliphatic carbocycles. The van der Waals surface area contributed by atoms with E-state index in [0.717, 1.165) is 5.56 Å². The van der Waals surface area contributed by atoms with E-state index in [1.54, 1.807) is 45.3 Å². The van der Waals surface area contributed by atoms with Crippen LogP contribution < -0.4 is 5.32 Å². The second kappa shape index (κ2) is 10.8. The number of carbonyl (C=O) groups is 3. The number of esters is 2. The zero-order valence-corrected chi connectivity index (χ0v) is 19.1. The number of aromatic nitrogens is 1. The lowest BCUT2D eigenvalue weighted by Gasteiger charge is -2.40. The number of methoxy groups -OCH3 is 1. The summed E-state index contributed by atoms with van der Waals surface area (Å²) in [5, 5.41) is 2.59. The molecule has 1 aromatic heterocycles. The molecule has 2 heterocycles. The Hall–Kier alpha value is -2.29.